The summed E-state index contributed by atoms with van der Waals surface area (Å²) in [6.45, 7) is 3.64. The van der Waals surface area contributed by atoms with Gasteiger partial charge in [0.2, 0.25) is 5.91 Å². The number of nitrogens with one attached hydrogen (secondary N) is 1. The number of nitrogens with zero attached hydrogens (tertiary/aromatic N) is 4. The third-order valence-electron chi connectivity index (χ3n) is 7.66. The molecule has 2 aromatic heterocycles. The lowest BCUT2D eigenvalue weighted by Gasteiger charge is -2.50. The lowest BCUT2D eigenvalue weighted by Crippen LogP contribution is -2.56. The zero-order valence-corrected chi connectivity index (χ0v) is 20.8. The number of benzene rings is 1. The van der Waals surface area contributed by atoms with Crippen LogP contribution in [0, 0.1) is 0 Å². The first kappa shape index (κ1) is 23.8. The van der Waals surface area contributed by atoms with Crippen molar-refractivity contribution in [3.8, 4) is 5.75 Å². The molecular formula is C27H35N5O3. The van der Waals surface area contributed by atoms with Crippen LogP contribution in [-0.4, -0.2) is 89.7 Å². The van der Waals surface area contributed by atoms with Crippen LogP contribution >= 0.6 is 0 Å². The Morgan fingerprint density at radius 1 is 1.23 bits per heavy atom. The molecule has 3 aromatic rings. The summed E-state index contributed by atoms with van der Waals surface area (Å²) in [6, 6.07) is 9.91. The maximum absolute atomic E-state index is 13.4. The SMILES string of the molecule is COc1ccc2c3c([nH]c2c1)[C@@H](CO)N(C(=O)CN(C)C)CC31CCN(Cc2ccncc2)CC1. The van der Waals surface area contributed by atoms with E-state index < -0.39 is 0 Å². The molecule has 1 saturated heterocycles. The average molecular weight is 478 g/mol. The van der Waals surface area contributed by atoms with Crippen molar-refractivity contribution in [1.82, 2.24) is 24.7 Å². The Morgan fingerprint density at radius 3 is 2.63 bits per heavy atom. The number of pyridine rings is 1. The molecule has 1 spiro atoms. The number of rotatable bonds is 6. The highest BCUT2D eigenvalue weighted by Gasteiger charge is 2.48. The van der Waals surface area contributed by atoms with E-state index in [0.29, 0.717) is 13.1 Å². The monoisotopic (exact) mass is 477 g/mol. The van der Waals surface area contributed by atoms with Gasteiger partial charge in [-0.1, -0.05) is 0 Å². The molecule has 2 N–H and O–H groups in total. The summed E-state index contributed by atoms with van der Waals surface area (Å²) < 4.78 is 5.47. The second kappa shape index (κ2) is 9.60. The van der Waals surface area contributed by atoms with Crippen molar-refractivity contribution >= 4 is 16.8 Å². The number of hydrogen-bond acceptors (Lipinski definition) is 6. The number of piperidine rings is 1. The molecule has 186 valence electrons. The fourth-order valence-electron chi connectivity index (χ4n) is 5.92. The zero-order valence-electron chi connectivity index (χ0n) is 20.8. The van der Waals surface area contributed by atoms with E-state index in [4.69, 9.17) is 4.74 Å². The quantitative estimate of drug-likeness (QED) is 0.568. The topological polar surface area (TPSA) is 84.9 Å². The molecule has 5 rings (SSSR count). The number of carbonyl (C=O) groups is 1. The molecule has 0 unspecified atom stereocenters. The Hall–Kier alpha value is -2.94. The molecule has 2 aliphatic rings. The lowest BCUT2D eigenvalue weighted by atomic mass is 9.68. The van der Waals surface area contributed by atoms with Gasteiger partial charge in [0.1, 0.15) is 5.75 Å². The van der Waals surface area contributed by atoms with Crippen molar-refractivity contribution in [3.63, 3.8) is 0 Å². The number of methoxy groups -OCH3 is 1. The van der Waals surface area contributed by atoms with E-state index in [2.05, 4.69) is 33.1 Å². The van der Waals surface area contributed by atoms with Gasteiger partial charge in [-0.05, 0) is 75.4 Å². The molecule has 1 aromatic carbocycles. The summed E-state index contributed by atoms with van der Waals surface area (Å²) in [6.07, 6.45) is 5.59. The number of likely N-dealkylation sites (N-methyl/N-ethyl adjacent to an activating group) is 1. The van der Waals surface area contributed by atoms with Gasteiger partial charge in [0.05, 0.1) is 26.3 Å². The molecule has 8 heteroatoms. The Labute approximate surface area is 206 Å². The zero-order chi connectivity index (χ0) is 24.6. The molecule has 1 fully saturated rings. The number of hydrogen-bond donors (Lipinski definition) is 2. The van der Waals surface area contributed by atoms with E-state index in [1.54, 1.807) is 7.11 Å². The van der Waals surface area contributed by atoms with E-state index in [1.165, 1.54) is 16.5 Å². The third-order valence-corrected chi connectivity index (χ3v) is 7.66. The molecule has 8 nitrogen and oxygen atoms in total. The number of aromatic nitrogens is 2. The van der Waals surface area contributed by atoms with Crippen LogP contribution in [0.1, 0.15) is 35.7 Å². The Morgan fingerprint density at radius 2 is 1.97 bits per heavy atom. The predicted molar refractivity (Wildman–Crippen MR) is 135 cm³/mol. The Balaban J connectivity index is 1.53. The van der Waals surface area contributed by atoms with Gasteiger partial charge in [-0.25, -0.2) is 0 Å². The molecule has 0 aliphatic carbocycles. The Kier molecular flexibility index (Phi) is 6.53. The molecule has 0 radical (unpaired) electrons. The maximum atomic E-state index is 13.4. The molecule has 0 bridgehead atoms. The highest BCUT2D eigenvalue weighted by Crippen LogP contribution is 2.49. The van der Waals surface area contributed by atoms with Gasteiger partial charge in [0.25, 0.3) is 0 Å². The summed E-state index contributed by atoms with van der Waals surface area (Å²) >= 11 is 0. The van der Waals surface area contributed by atoms with Gasteiger partial charge in [0.15, 0.2) is 0 Å². The van der Waals surface area contributed by atoms with Gasteiger partial charge in [-0.3, -0.25) is 14.7 Å². The first-order chi connectivity index (χ1) is 16.9. The van der Waals surface area contributed by atoms with Crippen LogP contribution in [-0.2, 0) is 16.8 Å². The second-order valence-corrected chi connectivity index (χ2v) is 10.2. The van der Waals surface area contributed by atoms with E-state index in [9.17, 15) is 9.90 Å². The van der Waals surface area contributed by atoms with E-state index in [-0.39, 0.29) is 24.0 Å². The first-order valence-corrected chi connectivity index (χ1v) is 12.3. The van der Waals surface area contributed by atoms with Crippen LogP contribution in [0.15, 0.2) is 42.7 Å². The number of aliphatic hydroxyl groups excluding tert-OH is 1. The minimum absolute atomic E-state index is 0.0505. The summed E-state index contributed by atoms with van der Waals surface area (Å²) in [4.78, 5) is 27.4. The fraction of sp³-hybridized carbons (Fsp3) is 0.481. The van der Waals surface area contributed by atoms with Crippen molar-refractivity contribution in [3.05, 3.63) is 59.5 Å². The smallest absolute Gasteiger partial charge is 0.237 e. The van der Waals surface area contributed by atoms with E-state index in [1.807, 2.05) is 48.4 Å². The molecule has 1 atom stereocenters. The van der Waals surface area contributed by atoms with Crippen LogP contribution in [0.5, 0.6) is 5.75 Å². The molecular weight excluding hydrogens is 442 g/mol. The summed E-state index contributed by atoms with van der Waals surface area (Å²) in [5.41, 5.74) is 4.34. The van der Waals surface area contributed by atoms with Crippen molar-refractivity contribution in [2.75, 3.05) is 54.0 Å². The molecule has 35 heavy (non-hydrogen) atoms. The Bertz CT molecular complexity index is 1180. The number of aliphatic hydroxyl groups is 1. The number of carbonyl (C=O) groups excluding carboxylic acids is 1. The number of ether oxygens (including phenoxy) is 1. The van der Waals surface area contributed by atoms with E-state index in [0.717, 1.165) is 49.4 Å². The number of H-pyrrole nitrogens is 1. The minimum atomic E-state index is -0.378. The first-order valence-electron chi connectivity index (χ1n) is 12.3. The van der Waals surface area contributed by atoms with Crippen molar-refractivity contribution in [2.45, 2.75) is 30.8 Å². The minimum Gasteiger partial charge on any atom is -0.497 e. The second-order valence-electron chi connectivity index (χ2n) is 10.2. The molecule has 1 amide bonds. The largest absolute Gasteiger partial charge is 0.497 e. The van der Waals surface area contributed by atoms with Crippen molar-refractivity contribution in [2.24, 2.45) is 0 Å². The number of aromatic amines is 1. The molecule has 0 saturated carbocycles. The lowest BCUT2D eigenvalue weighted by molar-refractivity contribution is -0.138. The van der Waals surface area contributed by atoms with Gasteiger partial charge in [-0.15, -0.1) is 0 Å². The maximum Gasteiger partial charge on any atom is 0.237 e. The van der Waals surface area contributed by atoms with Gasteiger partial charge in [-0.2, -0.15) is 0 Å². The highest BCUT2D eigenvalue weighted by molar-refractivity contribution is 5.89. The van der Waals surface area contributed by atoms with Gasteiger partial charge < -0.3 is 24.6 Å². The highest BCUT2D eigenvalue weighted by atomic mass is 16.5. The standard InChI is InChI=1S/C27H35N5O3/c1-30(2)16-24(34)32-18-27(8-12-31(13-9-27)15-19-6-10-28-11-7-19)25-21-5-4-20(35-3)14-22(21)29-26(25)23(32)17-33/h4-7,10-11,14,23,29,33H,8-9,12-13,15-18H2,1-3H3/t23-/m1/s1. The summed E-state index contributed by atoms with van der Waals surface area (Å²) in [5, 5.41) is 11.6. The van der Waals surface area contributed by atoms with Crippen molar-refractivity contribution < 1.29 is 14.6 Å². The van der Waals surface area contributed by atoms with Crippen LogP contribution in [0.4, 0.5) is 0 Å². The number of fused-ring (bicyclic) bond motifs is 4. The number of likely N-dealkylation sites (tertiary alicyclic amines) is 1. The van der Waals surface area contributed by atoms with Crippen molar-refractivity contribution in [1.29, 1.82) is 0 Å². The van der Waals surface area contributed by atoms with Crippen LogP contribution < -0.4 is 4.74 Å². The molecule has 2 aliphatic heterocycles. The van der Waals surface area contributed by atoms with Crippen LogP contribution in [0.25, 0.3) is 10.9 Å². The predicted octanol–water partition coefficient (Wildman–Crippen LogP) is 2.54. The number of amides is 1. The van der Waals surface area contributed by atoms with Gasteiger partial charge >= 0.3 is 0 Å². The summed E-state index contributed by atoms with van der Waals surface area (Å²) in [5.74, 6) is 0.841. The average Bonchev–Trinajstić information content (AvgIpc) is 3.25. The summed E-state index contributed by atoms with van der Waals surface area (Å²) in [7, 11) is 5.48. The van der Waals surface area contributed by atoms with E-state index >= 15 is 0 Å². The normalized spacial score (nSPS) is 19.9. The fourth-order valence-corrected chi connectivity index (χ4v) is 5.92. The van der Waals surface area contributed by atoms with Crippen LogP contribution in [0.2, 0.25) is 0 Å². The third kappa shape index (κ3) is 4.42. The molecule has 4 heterocycles. The van der Waals surface area contributed by atoms with Gasteiger partial charge in [0, 0.05) is 53.6 Å². The van der Waals surface area contributed by atoms with Crippen LogP contribution in [0.3, 0.4) is 0 Å².